The summed E-state index contributed by atoms with van der Waals surface area (Å²) in [6.45, 7) is 0. The molecule has 0 atom stereocenters. The zero-order valence-electron chi connectivity index (χ0n) is 35.4. The largest absolute Gasteiger partial charge is 0.455 e. The number of anilines is 3. The highest BCUT2D eigenvalue weighted by atomic mass is 16.3. The van der Waals surface area contributed by atoms with Gasteiger partial charge in [-0.1, -0.05) is 182 Å². The van der Waals surface area contributed by atoms with Gasteiger partial charge >= 0.3 is 0 Å². The summed E-state index contributed by atoms with van der Waals surface area (Å²) < 4.78 is 9.36. The Hall–Kier alpha value is -8.66. The molecular weight excluding hydrogens is 789 g/mol. The van der Waals surface area contributed by atoms with Crippen LogP contribution in [0.4, 0.5) is 17.1 Å². The molecule has 304 valence electrons. The first-order valence-corrected chi connectivity index (χ1v) is 22.2. The van der Waals surface area contributed by atoms with Gasteiger partial charge in [0.2, 0.25) is 0 Å². The van der Waals surface area contributed by atoms with Crippen molar-refractivity contribution >= 4 is 82.4 Å². The molecule has 0 radical (unpaired) electrons. The van der Waals surface area contributed by atoms with Crippen LogP contribution < -0.4 is 4.90 Å². The molecule has 0 fully saturated rings. The molecule has 11 aromatic carbocycles. The molecule has 0 aliphatic rings. The van der Waals surface area contributed by atoms with E-state index in [2.05, 4.69) is 252 Å². The van der Waals surface area contributed by atoms with Crippen LogP contribution >= 0.6 is 0 Å². The van der Waals surface area contributed by atoms with Crippen LogP contribution in [0.25, 0.3) is 104 Å². The summed E-state index contributed by atoms with van der Waals surface area (Å²) in [5, 5.41) is 9.47. The summed E-state index contributed by atoms with van der Waals surface area (Å²) in [7, 11) is 0. The van der Waals surface area contributed by atoms with Crippen LogP contribution in [0.5, 0.6) is 0 Å². The van der Waals surface area contributed by atoms with Crippen molar-refractivity contribution in [1.82, 2.24) is 4.57 Å². The monoisotopic (exact) mass is 828 g/mol. The van der Waals surface area contributed by atoms with E-state index in [1.165, 1.54) is 49.1 Å². The number of hydrogen-bond acceptors (Lipinski definition) is 2. The SMILES string of the molecule is c1cc(-c2ccc3ccccc3c2)cc(N(c2ccc(-c3ccccc3-n3c4ccccc4c4ccccc43)cc2)c2ccccc2-c2cccc3c2oc2c4ccccc4ccc32)c1. The summed E-state index contributed by atoms with van der Waals surface area (Å²) in [6.07, 6.45) is 0. The molecule has 0 saturated carbocycles. The molecule has 13 rings (SSSR count). The lowest BCUT2D eigenvalue weighted by Gasteiger charge is -2.28. The van der Waals surface area contributed by atoms with Crippen LogP contribution in [-0.4, -0.2) is 4.57 Å². The van der Waals surface area contributed by atoms with Crippen molar-refractivity contribution < 1.29 is 4.42 Å². The predicted octanol–water partition coefficient (Wildman–Crippen LogP) is 17.5. The van der Waals surface area contributed by atoms with E-state index in [9.17, 15) is 0 Å². The molecule has 0 bridgehead atoms. The van der Waals surface area contributed by atoms with E-state index >= 15 is 0 Å². The molecule has 0 aliphatic carbocycles. The highest BCUT2D eigenvalue weighted by molar-refractivity contribution is 6.18. The van der Waals surface area contributed by atoms with Crippen molar-refractivity contribution in [2.24, 2.45) is 0 Å². The molecule has 65 heavy (non-hydrogen) atoms. The Kier molecular flexibility index (Phi) is 8.53. The fourth-order valence-corrected chi connectivity index (χ4v) is 10.1. The lowest BCUT2D eigenvalue weighted by Crippen LogP contribution is -2.11. The Morgan fingerprint density at radius 3 is 1.69 bits per heavy atom. The average Bonchev–Trinajstić information content (AvgIpc) is 3.93. The summed E-state index contributed by atoms with van der Waals surface area (Å²) in [6, 6.07) is 87.7. The fraction of sp³-hybridized carbons (Fsp3) is 0. The predicted molar refractivity (Wildman–Crippen MR) is 274 cm³/mol. The second-order valence-corrected chi connectivity index (χ2v) is 16.8. The van der Waals surface area contributed by atoms with Gasteiger partial charge in [0.05, 0.1) is 22.4 Å². The van der Waals surface area contributed by atoms with Gasteiger partial charge in [0.15, 0.2) is 0 Å². The number of aromatic nitrogens is 1. The van der Waals surface area contributed by atoms with E-state index in [1.54, 1.807) is 0 Å². The molecule has 0 spiro atoms. The number of rotatable bonds is 7. The molecule has 2 aromatic heterocycles. The summed E-state index contributed by atoms with van der Waals surface area (Å²) in [5.41, 5.74) is 15.3. The normalized spacial score (nSPS) is 11.7. The first-order valence-electron chi connectivity index (χ1n) is 22.2. The van der Waals surface area contributed by atoms with Crippen molar-refractivity contribution in [2.45, 2.75) is 0 Å². The van der Waals surface area contributed by atoms with Crippen molar-refractivity contribution in [3.63, 3.8) is 0 Å². The Bertz CT molecular complexity index is 3910. The Balaban J connectivity index is 0.990. The maximum Gasteiger partial charge on any atom is 0.143 e. The Labute approximate surface area is 376 Å². The molecule has 13 aromatic rings. The lowest BCUT2D eigenvalue weighted by molar-refractivity contribution is 0.674. The molecule has 3 nitrogen and oxygen atoms in total. The number of benzene rings is 11. The highest BCUT2D eigenvalue weighted by Gasteiger charge is 2.22. The Morgan fingerprint density at radius 1 is 0.308 bits per heavy atom. The minimum absolute atomic E-state index is 0.883. The molecule has 2 heterocycles. The molecule has 0 saturated heterocycles. The van der Waals surface area contributed by atoms with Gasteiger partial charge in [-0.2, -0.15) is 0 Å². The van der Waals surface area contributed by atoms with Gasteiger partial charge in [-0.25, -0.2) is 0 Å². The fourth-order valence-electron chi connectivity index (χ4n) is 10.1. The first kappa shape index (κ1) is 36.9. The average molecular weight is 829 g/mol. The Morgan fingerprint density at radius 2 is 0.877 bits per heavy atom. The zero-order chi connectivity index (χ0) is 42.8. The van der Waals surface area contributed by atoms with Crippen LogP contribution in [0.3, 0.4) is 0 Å². The smallest absolute Gasteiger partial charge is 0.143 e. The first-order chi connectivity index (χ1) is 32.2. The van der Waals surface area contributed by atoms with Crippen LogP contribution in [0.2, 0.25) is 0 Å². The van der Waals surface area contributed by atoms with Crippen molar-refractivity contribution in [3.05, 3.63) is 243 Å². The van der Waals surface area contributed by atoms with E-state index in [0.29, 0.717) is 0 Å². The topological polar surface area (TPSA) is 21.3 Å². The van der Waals surface area contributed by atoms with Crippen molar-refractivity contribution in [2.75, 3.05) is 4.90 Å². The lowest BCUT2D eigenvalue weighted by atomic mass is 9.97. The van der Waals surface area contributed by atoms with Crippen LogP contribution in [0.15, 0.2) is 247 Å². The molecule has 0 unspecified atom stereocenters. The van der Waals surface area contributed by atoms with E-state index in [-0.39, 0.29) is 0 Å². The second kappa shape index (κ2) is 15.0. The zero-order valence-corrected chi connectivity index (χ0v) is 35.4. The summed E-state index contributed by atoms with van der Waals surface area (Å²) in [4.78, 5) is 2.40. The van der Waals surface area contributed by atoms with Gasteiger partial charge in [-0.15, -0.1) is 0 Å². The van der Waals surface area contributed by atoms with Crippen molar-refractivity contribution in [1.29, 1.82) is 0 Å². The second-order valence-electron chi connectivity index (χ2n) is 16.8. The number of fused-ring (bicyclic) bond motifs is 9. The van der Waals surface area contributed by atoms with Gasteiger partial charge in [0.1, 0.15) is 11.2 Å². The van der Waals surface area contributed by atoms with Gasteiger partial charge in [-0.05, 0) is 93.5 Å². The highest BCUT2D eigenvalue weighted by Crippen LogP contribution is 2.46. The van der Waals surface area contributed by atoms with Crippen LogP contribution in [0.1, 0.15) is 0 Å². The summed E-state index contributed by atoms with van der Waals surface area (Å²) >= 11 is 0. The van der Waals surface area contributed by atoms with Gasteiger partial charge < -0.3 is 13.9 Å². The van der Waals surface area contributed by atoms with Crippen LogP contribution in [-0.2, 0) is 0 Å². The van der Waals surface area contributed by atoms with Gasteiger partial charge in [-0.3, -0.25) is 0 Å². The van der Waals surface area contributed by atoms with E-state index in [0.717, 1.165) is 72.3 Å². The standard InChI is InChI=1S/C62H40N2O/c1-2-17-44-39-46(32-31-41(44)15-1)45-18-13-19-48(40-45)63(58-28-10-8-24-53(58)54-25-14-26-55-56-38-35-42-16-3-4-21-50(42)61(56)65-62(54)55)47-36-33-43(34-37-47)49-20-5-9-27-57(49)64-59-29-11-6-22-51(59)52-23-7-12-30-60(52)64/h1-40H. The maximum atomic E-state index is 6.95. The van der Waals surface area contributed by atoms with Gasteiger partial charge in [0.25, 0.3) is 0 Å². The third-order valence-corrected chi connectivity index (χ3v) is 13.2. The number of para-hydroxylation sites is 5. The van der Waals surface area contributed by atoms with E-state index in [4.69, 9.17) is 4.42 Å². The minimum Gasteiger partial charge on any atom is -0.455 e. The molecular formula is C62H40N2O. The molecule has 0 N–H and O–H groups in total. The van der Waals surface area contributed by atoms with E-state index < -0.39 is 0 Å². The van der Waals surface area contributed by atoms with Crippen molar-refractivity contribution in [3.8, 4) is 39.1 Å². The van der Waals surface area contributed by atoms with Gasteiger partial charge in [0, 0.05) is 55.0 Å². The third kappa shape index (κ3) is 6.05. The number of furan rings is 1. The number of nitrogens with zero attached hydrogens (tertiary/aromatic N) is 2. The quantitative estimate of drug-likeness (QED) is 0.160. The van der Waals surface area contributed by atoms with Crippen LogP contribution in [0, 0.1) is 0 Å². The molecule has 0 amide bonds. The minimum atomic E-state index is 0.883. The number of hydrogen-bond donors (Lipinski definition) is 0. The van der Waals surface area contributed by atoms with E-state index in [1.807, 2.05) is 0 Å². The molecule has 0 aliphatic heterocycles. The maximum absolute atomic E-state index is 6.95. The third-order valence-electron chi connectivity index (χ3n) is 13.2. The molecule has 3 heteroatoms. The summed E-state index contributed by atoms with van der Waals surface area (Å²) in [5.74, 6) is 0.